The maximum absolute atomic E-state index is 13.5. The lowest BCUT2D eigenvalue weighted by Crippen LogP contribution is -2.05. The minimum Gasteiger partial charge on any atom is -0.289 e. The molecule has 3 heteroatoms. The molecule has 3 nitrogen and oxygen atoms in total. The molecule has 0 unspecified atom stereocenters. The van der Waals surface area contributed by atoms with Gasteiger partial charge in [0.05, 0.1) is 16.6 Å². The SMILES string of the molecule is Cc1ccc2nc(C)c(C(=O)C=Cc3ccc4cccnc4c3)c(-c3ccccc3)c2c1. The van der Waals surface area contributed by atoms with Crippen molar-refractivity contribution in [1.29, 1.82) is 0 Å². The van der Waals surface area contributed by atoms with Crippen LogP contribution >= 0.6 is 0 Å². The summed E-state index contributed by atoms with van der Waals surface area (Å²) in [7, 11) is 0. The van der Waals surface area contributed by atoms with E-state index < -0.39 is 0 Å². The Morgan fingerprint density at radius 3 is 2.53 bits per heavy atom. The van der Waals surface area contributed by atoms with Gasteiger partial charge in [0.1, 0.15) is 0 Å². The average Bonchev–Trinajstić information content (AvgIpc) is 2.82. The first-order valence-electron chi connectivity index (χ1n) is 10.6. The zero-order valence-corrected chi connectivity index (χ0v) is 18.0. The summed E-state index contributed by atoms with van der Waals surface area (Å²) in [6.45, 7) is 3.97. The fourth-order valence-electron chi connectivity index (χ4n) is 4.15. The number of benzene rings is 3. The first-order valence-corrected chi connectivity index (χ1v) is 10.6. The Hall–Kier alpha value is -4.11. The summed E-state index contributed by atoms with van der Waals surface area (Å²) in [4.78, 5) is 22.6. The Morgan fingerprint density at radius 1 is 0.844 bits per heavy atom. The van der Waals surface area contributed by atoms with Crippen molar-refractivity contribution in [3.63, 3.8) is 0 Å². The Bertz CT molecular complexity index is 1500. The Labute approximate surface area is 187 Å². The summed E-state index contributed by atoms with van der Waals surface area (Å²) in [5.74, 6) is -0.0571. The summed E-state index contributed by atoms with van der Waals surface area (Å²) in [6.07, 6.45) is 5.27. The molecule has 2 aromatic heterocycles. The molecule has 0 aliphatic rings. The number of nitrogens with zero attached hydrogens (tertiary/aromatic N) is 2. The van der Waals surface area contributed by atoms with Crippen molar-refractivity contribution in [3.05, 3.63) is 114 Å². The van der Waals surface area contributed by atoms with Crippen molar-refractivity contribution in [2.45, 2.75) is 13.8 Å². The van der Waals surface area contributed by atoms with Crippen LogP contribution in [0.2, 0.25) is 0 Å². The highest BCUT2D eigenvalue weighted by molar-refractivity contribution is 6.16. The van der Waals surface area contributed by atoms with Crippen molar-refractivity contribution < 1.29 is 4.79 Å². The molecule has 5 aromatic rings. The number of ketones is 1. The van der Waals surface area contributed by atoms with Gasteiger partial charge in [-0.2, -0.15) is 0 Å². The minimum absolute atomic E-state index is 0.0571. The molecule has 0 radical (unpaired) electrons. The highest BCUT2D eigenvalue weighted by atomic mass is 16.1. The van der Waals surface area contributed by atoms with Gasteiger partial charge in [-0.3, -0.25) is 14.8 Å². The van der Waals surface area contributed by atoms with E-state index in [0.29, 0.717) is 5.56 Å². The van der Waals surface area contributed by atoms with Gasteiger partial charge in [-0.25, -0.2) is 0 Å². The number of carbonyl (C=O) groups excluding carboxylic acids is 1. The topological polar surface area (TPSA) is 42.9 Å². The van der Waals surface area contributed by atoms with Crippen LogP contribution in [0.5, 0.6) is 0 Å². The summed E-state index contributed by atoms with van der Waals surface area (Å²) in [6, 6.07) is 26.2. The van der Waals surface area contributed by atoms with Crippen molar-refractivity contribution in [1.82, 2.24) is 9.97 Å². The van der Waals surface area contributed by atoms with Crippen LogP contribution in [-0.2, 0) is 0 Å². The van der Waals surface area contributed by atoms with Crippen LogP contribution in [-0.4, -0.2) is 15.8 Å². The van der Waals surface area contributed by atoms with Gasteiger partial charge < -0.3 is 0 Å². The number of aromatic nitrogens is 2. The molecule has 0 aliphatic carbocycles. The highest BCUT2D eigenvalue weighted by Gasteiger charge is 2.19. The maximum atomic E-state index is 13.5. The Kier molecular flexibility index (Phi) is 5.08. The van der Waals surface area contributed by atoms with E-state index in [0.717, 1.165) is 49.8 Å². The number of aryl methyl sites for hydroxylation is 2. The zero-order chi connectivity index (χ0) is 22.1. The van der Waals surface area contributed by atoms with Gasteiger partial charge in [-0.1, -0.05) is 66.2 Å². The van der Waals surface area contributed by atoms with Gasteiger partial charge in [0, 0.05) is 28.2 Å². The monoisotopic (exact) mass is 414 g/mol. The van der Waals surface area contributed by atoms with Crippen molar-refractivity contribution in [3.8, 4) is 11.1 Å². The van der Waals surface area contributed by atoms with Crippen LogP contribution < -0.4 is 0 Å². The van der Waals surface area contributed by atoms with Gasteiger partial charge in [0.2, 0.25) is 0 Å². The van der Waals surface area contributed by atoms with E-state index >= 15 is 0 Å². The summed E-state index contributed by atoms with van der Waals surface area (Å²) in [5.41, 5.74) is 7.21. The molecular formula is C29H22N2O. The standard InChI is InChI=1S/C29H22N2O/c1-19-10-14-25-24(17-19)29(23-7-4-3-5-8-23)28(20(2)31-25)27(32)15-12-21-11-13-22-9-6-16-30-26(22)18-21/h3-18H,1-2H3. The predicted octanol–water partition coefficient (Wildman–Crippen LogP) is 6.96. The van der Waals surface area contributed by atoms with E-state index in [1.807, 2.05) is 79.7 Å². The lowest BCUT2D eigenvalue weighted by atomic mass is 9.91. The van der Waals surface area contributed by atoms with Gasteiger partial charge in [-0.15, -0.1) is 0 Å². The number of hydrogen-bond acceptors (Lipinski definition) is 3. The number of fused-ring (bicyclic) bond motifs is 2. The smallest absolute Gasteiger partial charge is 0.188 e. The third kappa shape index (κ3) is 3.69. The number of rotatable bonds is 4. The molecular weight excluding hydrogens is 392 g/mol. The van der Waals surface area contributed by atoms with Crippen LogP contribution in [0.4, 0.5) is 0 Å². The number of hydrogen-bond donors (Lipinski definition) is 0. The fraction of sp³-hybridized carbons (Fsp3) is 0.0690. The van der Waals surface area contributed by atoms with Gasteiger partial charge in [0.15, 0.2) is 5.78 Å². The van der Waals surface area contributed by atoms with Gasteiger partial charge in [0.25, 0.3) is 0 Å². The van der Waals surface area contributed by atoms with E-state index in [1.165, 1.54) is 0 Å². The van der Waals surface area contributed by atoms with Crippen LogP contribution in [0.25, 0.3) is 39.0 Å². The summed E-state index contributed by atoms with van der Waals surface area (Å²) >= 11 is 0. The maximum Gasteiger partial charge on any atom is 0.188 e. The molecule has 5 rings (SSSR count). The first kappa shape index (κ1) is 19.8. The number of carbonyl (C=O) groups is 1. The van der Waals surface area contributed by atoms with E-state index in [-0.39, 0.29) is 5.78 Å². The molecule has 0 atom stereocenters. The number of allylic oxidation sites excluding steroid dienone is 1. The largest absolute Gasteiger partial charge is 0.289 e. The molecule has 0 N–H and O–H groups in total. The van der Waals surface area contributed by atoms with Gasteiger partial charge >= 0.3 is 0 Å². The van der Waals surface area contributed by atoms with Crippen molar-refractivity contribution in [2.24, 2.45) is 0 Å². The Balaban J connectivity index is 1.64. The van der Waals surface area contributed by atoms with E-state index in [2.05, 4.69) is 24.0 Å². The highest BCUT2D eigenvalue weighted by Crippen LogP contribution is 2.34. The molecule has 154 valence electrons. The second kappa shape index (κ2) is 8.20. The van der Waals surface area contributed by atoms with E-state index in [9.17, 15) is 4.79 Å². The van der Waals surface area contributed by atoms with Crippen LogP contribution in [0, 0.1) is 13.8 Å². The second-order valence-electron chi connectivity index (χ2n) is 7.99. The number of pyridine rings is 2. The minimum atomic E-state index is -0.0571. The lowest BCUT2D eigenvalue weighted by molar-refractivity contribution is 0.104. The summed E-state index contributed by atoms with van der Waals surface area (Å²) in [5, 5.41) is 2.07. The van der Waals surface area contributed by atoms with Crippen LogP contribution in [0.1, 0.15) is 27.2 Å². The molecule has 0 amide bonds. The Morgan fingerprint density at radius 2 is 1.69 bits per heavy atom. The van der Waals surface area contributed by atoms with Crippen molar-refractivity contribution in [2.75, 3.05) is 0 Å². The lowest BCUT2D eigenvalue weighted by Gasteiger charge is -2.14. The molecule has 2 heterocycles. The second-order valence-corrected chi connectivity index (χ2v) is 7.99. The molecule has 0 bridgehead atoms. The van der Waals surface area contributed by atoms with Crippen LogP contribution in [0.15, 0.2) is 91.1 Å². The summed E-state index contributed by atoms with van der Waals surface area (Å²) < 4.78 is 0. The zero-order valence-electron chi connectivity index (χ0n) is 18.0. The molecule has 0 aliphatic heterocycles. The fourth-order valence-corrected chi connectivity index (χ4v) is 4.15. The van der Waals surface area contributed by atoms with E-state index in [1.54, 1.807) is 12.3 Å². The molecule has 0 saturated heterocycles. The first-order chi connectivity index (χ1) is 15.6. The molecule has 32 heavy (non-hydrogen) atoms. The van der Waals surface area contributed by atoms with Crippen molar-refractivity contribution >= 4 is 33.7 Å². The quantitative estimate of drug-likeness (QED) is 0.236. The average molecular weight is 415 g/mol. The van der Waals surface area contributed by atoms with E-state index in [4.69, 9.17) is 4.98 Å². The third-order valence-electron chi connectivity index (χ3n) is 5.69. The molecule has 0 spiro atoms. The molecule has 3 aromatic carbocycles. The van der Waals surface area contributed by atoms with Crippen LogP contribution in [0.3, 0.4) is 0 Å². The predicted molar refractivity (Wildman–Crippen MR) is 132 cm³/mol. The molecule has 0 saturated carbocycles. The third-order valence-corrected chi connectivity index (χ3v) is 5.69. The normalized spacial score (nSPS) is 11.4. The molecule has 0 fully saturated rings. The van der Waals surface area contributed by atoms with Gasteiger partial charge in [-0.05, 0) is 55.3 Å².